The van der Waals surface area contributed by atoms with E-state index in [4.69, 9.17) is 0 Å². The molecular formula is C9H17N3O4. The maximum Gasteiger partial charge on any atom is 0.321 e. The quantitative estimate of drug-likeness (QED) is 0.435. The van der Waals surface area contributed by atoms with Crippen LogP contribution in [0.3, 0.4) is 0 Å². The number of hydrogen-bond donors (Lipinski definition) is 4. The predicted molar refractivity (Wildman–Crippen MR) is 55.6 cm³/mol. The summed E-state index contributed by atoms with van der Waals surface area (Å²) in [7, 11) is 1.41. The summed E-state index contributed by atoms with van der Waals surface area (Å²) in [5, 5.41) is 23.1. The maximum absolute atomic E-state index is 11.5. The molecule has 1 aliphatic rings. The fourth-order valence-electron chi connectivity index (χ4n) is 1.56. The summed E-state index contributed by atoms with van der Waals surface area (Å²) in [6, 6.07) is -1.14. The Balaban J connectivity index is 2.48. The smallest absolute Gasteiger partial charge is 0.321 e. The SMILES string of the molecule is CNC(=O)NC(=O)C(C)N1C[C@@H](O)[C@@H](O)C1. The van der Waals surface area contributed by atoms with Crippen molar-refractivity contribution < 1.29 is 19.8 Å². The molecule has 16 heavy (non-hydrogen) atoms. The van der Waals surface area contributed by atoms with E-state index < -0.39 is 30.2 Å². The molecule has 0 aromatic rings. The van der Waals surface area contributed by atoms with E-state index in [1.807, 2.05) is 0 Å². The first-order chi connectivity index (χ1) is 7.45. The Bertz CT molecular complexity index is 274. The summed E-state index contributed by atoms with van der Waals surface area (Å²) in [5.41, 5.74) is 0. The van der Waals surface area contributed by atoms with Gasteiger partial charge in [-0.1, -0.05) is 0 Å². The lowest BCUT2D eigenvalue weighted by Gasteiger charge is -2.22. The molecular weight excluding hydrogens is 214 g/mol. The van der Waals surface area contributed by atoms with Gasteiger partial charge in [0.05, 0.1) is 18.2 Å². The molecule has 0 bridgehead atoms. The van der Waals surface area contributed by atoms with Crippen LogP contribution in [0.1, 0.15) is 6.92 Å². The molecule has 1 aliphatic heterocycles. The van der Waals surface area contributed by atoms with Crippen LogP contribution in [0, 0.1) is 0 Å². The molecule has 1 unspecified atom stereocenters. The predicted octanol–water partition coefficient (Wildman–Crippen LogP) is -2.13. The Kier molecular flexibility index (Phi) is 4.22. The van der Waals surface area contributed by atoms with Gasteiger partial charge in [0.25, 0.3) is 0 Å². The Morgan fingerprint density at radius 2 is 1.81 bits per heavy atom. The van der Waals surface area contributed by atoms with Crippen LogP contribution >= 0.6 is 0 Å². The van der Waals surface area contributed by atoms with Gasteiger partial charge in [0.15, 0.2) is 0 Å². The van der Waals surface area contributed by atoms with E-state index in [1.54, 1.807) is 11.8 Å². The molecule has 0 radical (unpaired) electrons. The largest absolute Gasteiger partial charge is 0.389 e. The van der Waals surface area contributed by atoms with Crippen LogP contribution in [-0.2, 0) is 4.79 Å². The van der Waals surface area contributed by atoms with Gasteiger partial charge in [-0.15, -0.1) is 0 Å². The normalized spacial score (nSPS) is 27.5. The van der Waals surface area contributed by atoms with Crippen LogP contribution < -0.4 is 10.6 Å². The number of imide groups is 1. The number of urea groups is 1. The zero-order valence-electron chi connectivity index (χ0n) is 9.30. The molecule has 0 aromatic carbocycles. The second-order valence-corrected chi connectivity index (χ2v) is 3.83. The minimum absolute atomic E-state index is 0.226. The van der Waals surface area contributed by atoms with Crippen molar-refractivity contribution >= 4 is 11.9 Å². The molecule has 1 saturated heterocycles. The lowest BCUT2D eigenvalue weighted by molar-refractivity contribution is -0.124. The Hall–Kier alpha value is -1.18. The molecule has 0 spiro atoms. The van der Waals surface area contributed by atoms with Crippen molar-refractivity contribution in [1.82, 2.24) is 15.5 Å². The van der Waals surface area contributed by atoms with E-state index in [0.29, 0.717) is 0 Å². The third kappa shape index (κ3) is 2.91. The minimum atomic E-state index is -0.838. The first kappa shape index (κ1) is 12.9. The summed E-state index contributed by atoms with van der Waals surface area (Å²) in [6.45, 7) is 2.07. The maximum atomic E-state index is 11.5. The molecule has 92 valence electrons. The Labute approximate surface area is 93.4 Å². The van der Waals surface area contributed by atoms with Gasteiger partial charge in [0.2, 0.25) is 5.91 Å². The van der Waals surface area contributed by atoms with Crippen molar-refractivity contribution in [3.63, 3.8) is 0 Å². The second kappa shape index (κ2) is 5.24. The van der Waals surface area contributed by atoms with E-state index in [-0.39, 0.29) is 13.1 Å². The number of aliphatic hydroxyl groups excluding tert-OH is 2. The second-order valence-electron chi connectivity index (χ2n) is 3.83. The summed E-state index contributed by atoms with van der Waals surface area (Å²) >= 11 is 0. The number of carbonyl (C=O) groups excluding carboxylic acids is 2. The topological polar surface area (TPSA) is 102 Å². The highest BCUT2D eigenvalue weighted by Crippen LogP contribution is 2.13. The van der Waals surface area contributed by atoms with Gasteiger partial charge in [-0.05, 0) is 6.92 Å². The number of nitrogens with one attached hydrogen (secondary N) is 2. The molecule has 1 rings (SSSR count). The fraction of sp³-hybridized carbons (Fsp3) is 0.778. The van der Waals surface area contributed by atoms with E-state index >= 15 is 0 Å². The molecule has 4 N–H and O–H groups in total. The van der Waals surface area contributed by atoms with Crippen LogP contribution in [0.15, 0.2) is 0 Å². The fourth-order valence-corrected chi connectivity index (χ4v) is 1.56. The molecule has 0 aromatic heterocycles. The molecule has 3 atom stereocenters. The zero-order chi connectivity index (χ0) is 12.3. The van der Waals surface area contributed by atoms with Crippen molar-refractivity contribution in [3.05, 3.63) is 0 Å². The number of aliphatic hydroxyl groups is 2. The highest BCUT2D eigenvalue weighted by molar-refractivity contribution is 5.96. The van der Waals surface area contributed by atoms with Crippen LogP contribution in [0.4, 0.5) is 4.79 Å². The van der Waals surface area contributed by atoms with Gasteiger partial charge in [-0.2, -0.15) is 0 Å². The molecule has 7 heteroatoms. The molecule has 1 fully saturated rings. The van der Waals surface area contributed by atoms with Gasteiger partial charge < -0.3 is 15.5 Å². The van der Waals surface area contributed by atoms with Crippen molar-refractivity contribution in [2.24, 2.45) is 0 Å². The summed E-state index contributed by atoms with van der Waals surface area (Å²) in [6.07, 6.45) is -1.68. The van der Waals surface area contributed by atoms with E-state index in [0.717, 1.165) is 0 Å². The van der Waals surface area contributed by atoms with Crippen molar-refractivity contribution in [2.75, 3.05) is 20.1 Å². The summed E-state index contributed by atoms with van der Waals surface area (Å²) < 4.78 is 0. The highest BCUT2D eigenvalue weighted by atomic mass is 16.3. The number of β-amino-alcohol motifs (C(OH)–C–C–N with tert-alkyl or cyclic N) is 2. The van der Waals surface area contributed by atoms with Crippen LogP contribution in [0.5, 0.6) is 0 Å². The lowest BCUT2D eigenvalue weighted by Crippen LogP contribution is -2.48. The highest BCUT2D eigenvalue weighted by Gasteiger charge is 2.34. The third-order valence-electron chi connectivity index (χ3n) is 2.68. The van der Waals surface area contributed by atoms with E-state index in [1.165, 1.54) is 7.05 Å². The first-order valence-corrected chi connectivity index (χ1v) is 5.08. The van der Waals surface area contributed by atoms with Crippen molar-refractivity contribution in [1.29, 1.82) is 0 Å². The van der Waals surface area contributed by atoms with E-state index in [2.05, 4.69) is 10.6 Å². The number of likely N-dealkylation sites (tertiary alicyclic amines) is 1. The summed E-state index contributed by atoms with van der Waals surface area (Å²) in [4.78, 5) is 24.1. The number of nitrogens with zero attached hydrogens (tertiary/aromatic N) is 1. The van der Waals surface area contributed by atoms with Crippen molar-refractivity contribution in [2.45, 2.75) is 25.2 Å². The van der Waals surface area contributed by atoms with Crippen molar-refractivity contribution in [3.8, 4) is 0 Å². The lowest BCUT2D eigenvalue weighted by atomic mass is 10.3. The van der Waals surface area contributed by atoms with Crippen LogP contribution in [0.25, 0.3) is 0 Å². The Morgan fingerprint density at radius 3 is 2.25 bits per heavy atom. The number of carbonyl (C=O) groups is 2. The molecule has 0 aliphatic carbocycles. The van der Waals surface area contributed by atoms with Gasteiger partial charge in [0.1, 0.15) is 0 Å². The number of amides is 3. The molecule has 7 nitrogen and oxygen atoms in total. The Morgan fingerprint density at radius 1 is 1.31 bits per heavy atom. The van der Waals surface area contributed by atoms with Gasteiger partial charge in [-0.3, -0.25) is 15.0 Å². The van der Waals surface area contributed by atoms with Gasteiger partial charge in [0, 0.05) is 20.1 Å². The minimum Gasteiger partial charge on any atom is -0.389 e. The zero-order valence-corrected chi connectivity index (χ0v) is 9.30. The average Bonchev–Trinajstić information content (AvgIpc) is 2.57. The molecule has 3 amide bonds. The third-order valence-corrected chi connectivity index (χ3v) is 2.68. The standard InChI is InChI=1S/C9H17N3O4/c1-5(8(15)11-9(16)10-2)12-3-6(13)7(14)4-12/h5-7,13-14H,3-4H2,1-2H3,(H2,10,11,15,16)/t5?,6-,7+. The molecule has 1 heterocycles. The van der Waals surface area contributed by atoms with Crippen LogP contribution in [-0.4, -0.2) is 65.4 Å². The number of rotatable bonds is 2. The van der Waals surface area contributed by atoms with Gasteiger partial charge >= 0.3 is 6.03 Å². The van der Waals surface area contributed by atoms with Crippen LogP contribution in [0.2, 0.25) is 0 Å². The molecule has 0 saturated carbocycles. The monoisotopic (exact) mass is 231 g/mol. The number of hydrogen-bond acceptors (Lipinski definition) is 5. The summed E-state index contributed by atoms with van der Waals surface area (Å²) in [5.74, 6) is -0.458. The van der Waals surface area contributed by atoms with E-state index in [9.17, 15) is 19.8 Å². The average molecular weight is 231 g/mol. The first-order valence-electron chi connectivity index (χ1n) is 5.08. The van der Waals surface area contributed by atoms with Gasteiger partial charge in [-0.25, -0.2) is 4.79 Å².